The molecule has 0 bridgehead atoms. The Hall–Kier alpha value is -2.49. The average Bonchev–Trinajstić information content (AvgIpc) is 2.56. The largest absolute Gasteiger partial charge is 0.486 e. The van der Waals surface area contributed by atoms with E-state index < -0.39 is 0 Å². The Labute approximate surface area is 136 Å². The molecular formula is C19H21NO3. The molecule has 120 valence electrons. The second-order valence-electron chi connectivity index (χ2n) is 5.85. The molecule has 0 spiro atoms. The van der Waals surface area contributed by atoms with Crippen LogP contribution in [0.4, 0.5) is 0 Å². The lowest BCUT2D eigenvalue weighted by Gasteiger charge is -2.21. The highest BCUT2D eigenvalue weighted by Crippen LogP contribution is 2.32. The molecule has 0 aromatic heterocycles. The van der Waals surface area contributed by atoms with Crippen LogP contribution in [0.25, 0.3) is 0 Å². The molecule has 0 fully saturated rings. The minimum absolute atomic E-state index is 0.0104. The van der Waals surface area contributed by atoms with Crippen molar-refractivity contribution in [3.05, 3.63) is 59.2 Å². The first-order valence-corrected chi connectivity index (χ1v) is 7.86. The monoisotopic (exact) mass is 311 g/mol. The van der Waals surface area contributed by atoms with Gasteiger partial charge in [-0.3, -0.25) is 4.79 Å². The predicted molar refractivity (Wildman–Crippen MR) is 88.9 cm³/mol. The van der Waals surface area contributed by atoms with Crippen LogP contribution in [-0.2, 0) is 11.2 Å². The van der Waals surface area contributed by atoms with Gasteiger partial charge in [-0.1, -0.05) is 35.9 Å². The standard InChI is InChI=1S/C19H21NO3/c1-13-3-5-15(6-4-13)11-19(21)20-14(2)16-7-8-17-18(12-16)23-10-9-22-17/h3-8,12,14H,9-11H2,1-2H3,(H,20,21)/t14-/m1/s1. The molecule has 0 saturated carbocycles. The van der Waals surface area contributed by atoms with Gasteiger partial charge in [-0.05, 0) is 37.1 Å². The van der Waals surface area contributed by atoms with Gasteiger partial charge in [-0.25, -0.2) is 0 Å². The summed E-state index contributed by atoms with van der Waals surface area (Å²) in [5.41, 5.74) is 3.22. The molecular weight excluding hydrogens is 290 g/mol. The zero-order valence-electron chi connectivity index (χ0n) is 13.5. The van der Waals surface area contributed by atoms with Crippen LogP contribution < -0.4 is 14.8 Å². The van der Waals surface area contributed by atoms with Gasteiger partial charge in [0.2, 0.25) is 5.91 Å². The highest BCUT2D eigenvalue weighted by Gasteiger charge is 2.15. The maximum absolute atomic E-state index is 12.2. The Bertz CT molecular complexity index is 694. The van der Waals surface area contributed by atoms with E-state index in [1.54, 1.807) is 0 Å². The third-order valence-electron chi connectivity index (χ3n) is 3.93. The van der Waals surface area contributed by atoms with Crippen molar-refractivity contribution >= 4 is 5.91 Å². The molecule has 2 aromatic carbocycles. The Morgan fingerprint density at radius 2 is 1.78 bits per heavy atom. The van der Waals surface area contributed by atoms with Crippen molar-refractivity contribution in [1.82, 2.24) is 5.32 Å². The van der Waals surface area contributed by atoms with Crippen molar-refractivity contribution in [3.8, 4) is 11.5 Å². The van der Waals surface area contributed by atoms with Gasteiger partial charge >= 0.3 is 0 Å². The number of benzene rings is 2. The second kappa shape index (κ2) is 6.73. The van der Waals surface area contributed by atoms with Crippen LogP contribution in [-0.4, -0.2) is 19.1 Å². The van der Waals surface area contributed by atoms with Crippen molar-refractivity contribution in [2.75, 3.05) is 13.2 Å². The van der Waals surface area contributed by atoms with E-state index in [9.17, 15) is 4.79 Å². The van der Waals surface area contributed by atoms with Gasteiger partial charge in [0.1, 0.15) is 13.2 Å². The summed E-state index contributed by atoms with van der Waals surface area (Å²) in [6, 6.07) is 13.7. The summed E-state index contributed by atoms with van der Waals surface area (Å²) in [5.74, 6) is 1.52. The van der Waals surface area contributed by atoms with Gasteiger partial charge in [-0.2, -0.15) is 0 Å². The van der Waals surface area contributed by atoms with E-state index in [1.165, 1.54) is 5.56 Å². The zero-order valence-corrected chi connectivity index (χ0v) is 13.5. The van der Waals surface area contributed by atoms with Crippen LogP contribution in [0.2, 0.25) is 0 Å². The van der Waals surface area contributed by atoms with E-state index in [0.717, 1.165) is 22.6 Å². The Balaban J connectivity index is 1.63. The molecule has 23 heavy (non-hydrogen) atoms. The van der Waals surface area contributed by atoms with E-state index in [1.807, 2.05) is 56.3 Å². The number of fused-ring (bicyclic) bond motifs is 1. The van der Waals surface area contributed by atoms with Crippen molar-refractivity contribution in [2.45, 2.75) is 26.3 Å². The third kappa shape index (κ3) is 3.83. The number of amides is 1. The first-order valence-electron chi connectivity index (χ1n) is 7.86. The fraction of sp³-hybridized carbons (Fsp3) is 0.316. The quantitative estimate of drug-likeness (QED) is 0.943. The molecule has 0 aliphatic carbocycles. The van der Waals surface area contributed by atoms with E-state index in [-0.39, 0.29) is 11.9 Å². The molecule has 0 radical (unpaired) electrons. The van der Waals surface area contributed by atoms with Crippen molar-refractivity contribution < 1.29 is 14.3 Å². The summed E-state index contributed by atoms with van der Waals surface area (Å²) in [7, 11) is 0. The fourth-order valence-electron chi connectivity index (χ4n) is 2.60. The SMILES string of the molecule is Cc1ccc(CC(=O)N[C@H](C)c2ccc3c(c2)OCCO3)cc1. The molecule has 1 aliphatic heterocycles. The molecule has 0 saturated heterocycles. The Morgan fingerprint density at radius 1 is 1.09 bits per heavy atom. The number of aryl methyl sites for hydroxylation is 1. The van der Waals surface area contributed by atoms with Gasteiger partial charge in [0.05, 0.1) is 12.5 Å². The number of nitrogens with one attached hydrogen (secondary N) is 1. The van der Waals surface area contributed by atoms with Gasteiger partial charge in [-0.15, -0.1) is 0 Å². The van der Waals surface area contributed by atoms with Crippen molar-refractivity contribution in [1.29, 1.82) is 0 Å². The topological polar surface area (TPSA) is 47.6 Å². The lowest BCUT2D eigenvalue weighted by atomic mass is 10.1. The third-order valence-corrected chi connectivity index (χ3v) is 3.93. The van der Waals surface area contributed by atoms with Gasteiger partial charge in [0.15, 0.2) is 11.5 Å². The summed E-state index contributed by atoms with van der Waals surface area (Å²) >= 11 is 0. The maximum atomic E-state index is 12.2. The Kier molecular flexibility index (Phi) is 4.51. The molecule has 1 amide bonds. The van der Waals surface area contributed by atoms with Crippen molar-refractivity contribution in [2.24, 2.45) is 0 Å². The van der Waals surface area contributed by atoms with Crippen molar-refractivity contribution in [3.63, 3.8) is 0 Å². The molecule has 1 atom stereocenters. The lowest BCUT2D eigenvalue weighted by molar-refractivity contribution is -0.121. The van der Waals surface area contributed by atoms with Crippen LogP contribution in [0.3, 0.4) is 0 Å². The smallest absolute Gasteiger partial charge is 0.224 e. The first kappa shape index (κ1) is 15.4. The molecule has 4 nitrogen and oxygen atoms in total. The van der Waals surface area contributed by atoms with Crippen LogP contribution >= 0.6 is 0 Å². The molecule has 4 heteroatoms. The van der Waals surface area contributed by atoms with E-state index in [2.05, 4.69) is 5.32 Å². The summed E-state index contributed by atoms with van der Waals surface area (Å²) in [6.07, 6.45) is 0.384. The minimum atomic E-state index is -0.0798. The summed E-state index contributed by atoms with van der Waals surface area (Å²) in [6.45, 7) is 5.14. The molecule has 2 aromatic rings. The van der Waals surface area contributed by atoms with Crippen LogP contribution in [0.15, 0.2) is 42.5 Å². The minimum Gasteiger partial charge on any atom is -0.486 e. The van der Waals surface area contributed by atoms with Crippen LogP contribution in [0.5, 0.6) is 11.5 Å². The number of hydrogen-bond acceptors (Lipinski definition) is 3. The van der Waals surface area contributed by atoms with E-state index in [0.29, 0.717) is 19.6 Å². The number of rotatable bonds is 4. The summed E-state index contributed by atoms with van der Waals surface area (Å²) in [5, 5.41) is 3.03. The fourth-order valence-corrected chi connectivity index (χ4v) is 2.60. The normalized spacial score (nSPS) is 14.2. The van der Waals surface area contributed by atoms with E-state index in [4.69, 9.17) is 9.47 Å². The zero-order chi connectivity index (χ0) is 16.2. The predicted octanol–water partition coefficient (Wildman–Crippen LogP) is 3.19. The second-order valence-corrected chi connectivity index (χ2v) is 5.85. The van der Waals surface area contributed by atoms with Gasteiger partial charge in [0.25, 0.3) is 0 Å². The van der Waals surface area contributed by atoms with Crippen LogP contribution in [0, 0.1) is 6.92 Å². The first-order chi connectivity index (χ1) is 11.1. The molecule has 3 rings (SSSR count). The molecule has 0 unspecified atom stereocenters. The summed E-state index contributed by atoms with van der Waals surface area (Å²) in [4.78, 5) is 12.2. The number of ether oxygens (including phenoxy) is 2. The highest BCUT2D eigenvalue weighted by molar-refractivity contribution is 5.79. The number of carbonyl (C=O) groups is 1. The lowest BCUT2D eigenvalue weighted by Crippen LogP contribution is -2.28. The number of carbonyl (C=O) groups excluding carboxylic acids is 1. The van der Waals surface area contributed by atoms with Gasteiger partial charge in [0, 0.05) is 0 Å². The maximum Gasteiger partial charge on any atom is 0.224 e. The van der Waals surface area contributed by atoms with E-state index >= 15 is 0 Å². The van der Waals surface area contributed by atoms with Crippen LogP contribution in [0.1, 0.15) is 29.7 Å². The highest BCUT2D eigenvalue weighted by atomic mass is 16.6. The molecule has 1 heterocycles. The number of hydrogen-bond donors (Lipinski definition) is 1. The molecule has 1 N–H and O–H groups in total. The average molecular weight is 311 g/mol. The van der Waals surface area contributed by atoms with Gasteiger partial charge < -0.3 is 14.8 Å². The summed E-state index contributed by atoms with van der Waals surface area (Å²) < 4.78 is 11.1. The molecule has 1 aliphatic rings. The Morgan fingerprint density at radius 3 is 2.52 bits per heavy atom.